The van der Waals surface area contributed by atoms with Crippen LogP contribution in [0.3, 0.4) is 0 Å². The van der Waals surface area contributed by atoms with Crippen LogP contribution in [-0.4, -0.2) is 22.1 Å². The van der Waals surface area contributed by atoms with Crippen molar-refractivity contribution in [2.24, 2.45) is 0 Å². The zero-order valence-corrected chi connectivity index (χ0v) is 17.6. The van der Waals surface area contributed by atoms with Crippen molar-refractivity contribution in [3.05, 3.63) is 77.6 Å². The van der Waals surface area contributed by atoms with E-state index in [0.29, 0.717) is 12.1 Å². The summed E-state index contributed by atoms with van der Waals surface area (Å²) >= 11 is 6.11. The summed E-state index contributed by atoms with van der Waals surface area (Å²) in [5, 5.41) is 10.6. The van der Waals surface area contributed by atoms with Gasteiger partial charge >= 0.3 is 0 Å². The van der Waals surface area contributed by atoms with Gasteiger partial charge in [0.15, 0.2) is 0 Å². The second-order valence-corrected chi connectivity index (χ2v) is 8.52. The minimum Gasteiger partial charge on any atom is -0.382 e. The monoisotopic (exact) mass is 416 g/mol. The highest BCUT2D eigenvalue weighted by atomic mass is 35.5. The van der Waals surface area contributed by atoms with Crippen LogP contribution in [0.2, 0.25) is 5.02 Å². The van der Waals surface area contributed by atoms with E-state index in [1.165, 1.54) is 23.8 Å². The van der Waals surface area contributed by atoms with Gasteiger partial charge in [-0.1, -0.05) is 29.8 Å². The van der Waals surface area contributed by atoms with E-state index in [1.54, 1.807) is 0 Å². The number of benzene rings is 2. The van der Waals surface area contributed by atoms with Gasteiger partial charge in [-0.25, -0.2) is 0 Å². The van der Waals surface area contributed by atoms with E-state index in [1.807, 2.05) is 30.6 Å². The van der Waals surface area contributed by atoms with E-state index in [4.69, 9.17) is 11.6 Å². The molecular weight excluding hydrogens is 392 g/mol. The fourth-order valence-corrected chi connectivity index (χ4v) is 4.64. The molecule has 30 heavy (non-hydrogen) atoms. The van der Waals surface area contributed by atoms with Gasteiger partial charge in [-0.3, -0.25) is 9.97 Å². The lowest BCUT2D eigenvalue weighted by Crippen LogP contribution is -2.36. The number of nitrogens with zero attached hydrogens (tertiary/aromatic N) is 2. The predicted molar refractivity (Wildman–Crippen MR) is 125 cm³/mol. The van der Waals surface area contributed by atoms with Gasteiger partial charge in [0, 0.05) is 52.5 Å². The van der Waals surface area contributed by atoms with Gasteiger partial charge in [0.25, 0.3) is 0 Å². The normalized spacial score (nSPS) is 19.2. The molecule has 0 saturated heterocycles. The van der Waals surface area contributed by atoms with Crippen LogP contribution < -0.4 is 10.6 Å². The highest BCUT2D eigenvalue weighted by Crippen LogP contribution is 2.28. The van der Waals surface area contributed by atoms with Gasteiger partial charge in [0.2, 0.25) is 0 Å². The molecule has 0 amide bonds. The third-order valence-electron chi connectivity index (χ3n) is 6.11. The summed E-state index contributed by atoms with van der Waals surface area (Å²) in [4.78, 5) is 8.91. The molecule has 4 aromatic rings. The van der Waals surface area contributed by atoms with Crippen LogP contribution in [0.4, 0.5) is 5.69 Å². The SMILES string of the molecule is Clc1ccc2c(N[C@H]3CC[C@@H](NCc4ccnc5ccccc45)CC3)ccnc2c1. The summed E-state index contributed by atoms with van der Waals surface area (Å²) in [5.41, 5.74) is 4.47. The van der Waals surface area contributed by atoms with Crippen molar-refractivity contribution in [1.29, 1.82) is 0 Å². The van der Waals surface area contributed by atoms with Gasteiger partial charge in [0.1, 0.15) is 0 Å². The van der Waals surface area contributed by atoms with Crippen LogP contribution >= 0.6 is 11.6 Å². The molecule has 0 aliphatic heterocycles. The molecule has 0 unspecified atom stereocenters. The van der Waals surface area contributed by atoms with Crippen molar-refractivity contribution >= 4 is 39.1 Å². The quantitative estimate of drug-likeness (QED) is 0.422. The number of para-hydroxylation sites is 1. The van der Waals surface area contributed by atoms with Gasteiger partial charge in [-0.15, -0.1) is 0 Å². The molecule has 5 heteroatoms. The van der Waals surface area contributed by atoms with Crippen molar-refractivity contribution in [2.45, 2.75) is 44.3 Å². The third kappa shape index (κ3) is 4.11. The van der Waals surface area contributed by atoms with E-state index in [-0.39, 0.29) is 0 Å². The van der Waals surface area contributed by atoms with Gasteiger partial charge in [-0.2, -0.15) is 0 Å². The predicted octanol–water partition coefficient (Wildman–Crippen LogP) is 5.95. The zero-order valence-electron chi connectivity index (χ0n) is 16.8. The number of halogens is 1. The number of fused-ring (bicyclic) bond motifs is 2. The third-order valence-corrected chi connectivity index (χ3v) is 6.35. The minimum atomic E-state index is 0.492. The van der Waals surface area contributed by atoms with Crippen LogP contribution in [0.5, 0.6) is 0 Å². The molecule has 0 atom stereocenters. The molecule has 0 bridgehead atoms. The van der Waals surface area contributed by atoms with Crippen LogP contribution in [0.25, 0.3) is 21.8 Å². The maximum atomic E-state index is 6.11. The van der Waals surface area contributed by atoms with E-state index in [9.17, 15) is 0 Å². The topological polar surface area (TPSA) is 49.8 Å². The van der Waals surface area contributed by atoms with Gasteiger partial charge in [0.05, 0.1) is 11.0 Å². The lowest BCUT2D eigenvalue weighted by molar-refractivity contribution is 0.353. The Kier molecular flexibility index (Phi) is 5.52. The van der Waals surface area contributed by atoms with Crippen molar-refractivity contribution in [3.8, 4) is 0 Å². The number of rotatable bonds is 5. The number of hydrogen-bond donors (Lipinski definition) is 2. The van der Waals surface area contributed by atoms with Crippen molar-refractivity contribution in [3.63, 3.8) is 0 Å². The fraction of sp³-hybridized carbons (Fsp3) is 0.280. The van der Waals surface area contributed by atoms with E-state index in [0.717, 1.165) is 46.5 Å². The number of hydrogen-bond acceptors (Lipinski definition) is 4. The Labute approximate surface area is 181 Å². The first-order valence-corrected chi connectivity index (χ1v) is 11.0. The largest absolute Gasteiger partial charge is 0.382 e. The first-order chi connectivity index (χ1) is 14.8. The Morgan fingerprint density at radius 2 is 1.57 bits per heavy atom. The molecule has 0 spiro atoms. The molecule has 1 aliphatic rings. The number of pyridine rings is 2. The average molecular weight is 417 g/mol. The van der Waals surface area contributed by atoms with Crippen molar-refractivity contribution in [2.75, 3.05) is 5.32 Å². The summed E-state index contributed by atoms with van der Waals surface area (Å²) in [5.74, 6) is 0. The summed E-state index contributed by atoms with van der Waals surface area (Å²) < 4.78 is 0. The summed E-state index contributed by atoms with van der Waals surface area (Å²) in [6.07, 6.45) is 8.43. The lowest BCUT2D eigenvalue weighted by Gasteiger charge is -2.31. The smallest absolute Gasteiger partial charge is 0.0737 e. The van der Waals surface area contributed by atoms with E-state index in [2.05, 4.69) is 57.0 Å². The first-order valence-electron chi connectivity index (χ1n) is 10.6. The molecule has 4 nitrogen and oxygen atoms in total. The lowest BCUT2D eigenvalue weighted by atomic mass is 9.90. The Balaban J connectivity index is 1.19. The van der Waals surface area contributed by atoms with E-state index >= 15 is 0 Å². The maximum Gasteiger partial charge on any atom is 0.0737 e. The van der Waals surface area contributed by atoms with Crippen molar-refractivity contribution < 1.29 is 0 Å². The standard InChI is InChI=1S/C25H25ClN4/c26-18-5-10-22-24(12-14-28-25(22)15-18)30-20-8-6-19(7-9-20)29-16-17-11-13-27-23-4-2-1-3-21(17)23/h1-5,10-15,19-20,29H,6-9,16H2,(H,28,30)/t19-,20+. The first kappa shape index (κ1) is 19.3. The van der Waals surface area contributed by atoms with Crippen LogP contribution in [0, 0.1) is 0 Å². The highest BCUT2D eigenvalue weighted by molar-refractivity contribution is 6.31. The molecule has 5 rings (SSSR count). The Hall–Kier alpha value is -2.69. The molecular formula is C25H25ClN4. The number of nitrogens with one attached hydrogen (secondary N) is 2. The Bertz CT molecular complexity index is 1160. The maximum absolute atomic E-state index is 6.11. The molecule has 2 heterocycles. The molecule has 2 aromatic heterocycles. The zero-order chi connectivity index (χ0) is 20.3. The summed E-state index contributed by atoms with van der Waals surface area (Å²) in [6.45, 7) is 0.890. The molecule has 2 aromatic carbocycles. The second-order valence-electron chi connectivity index (χ2n) is 8.08. The van der Waals surface area contributed by atoms with Crippen LogP contribution in [0.15, 0.2) is 67.0 Å². The van der Waals surface area contributed by atoms with Gasteiger partial charge < -0.3 is 10.6 Å². The molecule has 0 radical (unpaired) electrons. The minimum absolute atomic E-state index is 0.492. The Morgan fingerprint density at radius 1 is 0.800 bits per heavy atom. The molecule has 1 fully saturated rings. The highest BCUT2D eigenvalue weighted by Gasteiger charge is 2.21. The van der Waals surface area contributed by atoms with Crippen molar-refractivity contribution in [1.82, 2.24) is 15.3 Å². The van der Waals surface area contributed by atoms with E-state index < -0.39 is 0 Å². The summed E-state index contributed by atoms with van der Waals surface area (Å²) in [6, 6.07) is 19.5. The number of aromatic nitrogens is 2. The molecule has 152 valence electrons. The Morgan fingerprint density at radius 3 is 2.47 bits per heavy atom. The van der Waals surface area contributed by atoms with Crippen LogP contribution in [0.1, 0.15) is 31.2 Å². The molecule has 1 saturated carbocycles. The molecule has 2 N–H and O–H groups in total. The van der Waals surface area contributed by atoms with Crippen LogP contribution in [-0.2, 0) is 6.54 Å². The summed E-state index contributed by atoms with van der Waals surface area (Å²) in [7, 11) is 0. The van der Waals surface area contributed by atoms with Gasteiger partial charge in [-0.05, 0) is 67.6 Å². The average Bonchev–Trinajstić information content (AvgIpc) is 2.78. The number of anilines is 1. The second kappa shape index (κ2) is 8.58. The molecule has 1 aliphatic carbocycles. The fourth-order valence-electron chi connectivity index (χ4n) is 4.47.